The molecule has 0 aromatic carbocycles. The van der Waals surface area contributed by atoms with Gasteiger partial charge >= 0.3 is 11.9 Å². The van der Waals surface area contributed by atoms with E-state index >= 15 is 0 Å². The van der Waals surface area contributed by atoms with Crippen LogP contribution in [0.2, 0.25) is 0 Å². The number of rotatable bonds is 2. The van der Waals surface area contributed by atoms with E-state index in [1.807, 2.05) is 0 Å². The maximum absolute atomic E-state index is 12.0. The summed E-state index contributed by atoms with van der Waals surface area (Å²) in [5, 5.41) is 0. The molecule has 0 aromatic heterocycles. The van der Waals surface area contributed by atoms with Gasteiger partial charge in [0.15, 0.2) is 0 Å². The molecule has 5 nitrogen and oxygen atoms in total. The van der Waals surface area contributed by atoms with Crippen LogP contribution in [0.5, 0.6) is 0 Å². The maximum Gasteiger partial charge on any atom is 0.312 e. The highest BCUT2D eigenvalue weighted by Gasteiger charge is 2.77. The zero-order chi connectivity index (χ0) is 13.1. The topological polar surface area (TPSA) is 69.7 Å². The Kier molecular flexibility index (Phi) is 2.17. The summed E-state index contributed by atoms with van der Waals surface area (Å²) in [6, 6.07) is 0. The Hall–Kier alpha value is -1.39. The van der Waals surface area contributed by atoms with Gasteiger partial charge in [-0.3, -0.25) is 14.4 Å². The fraction of sp³-hybridized carbons (Fsp3) is 0.769. The molecule has 18 heavy (non-hydrogen) atoms. The van der Waals surface area contributed by atoms with Crippen molar-refractivity contribution in [2.45, 2.75) is 25.7 Å². The average Bonchev–Trinajstić information content (AvgIpc) is 2.40. The molecule has 0 amide bonds. The Morgan fingerprint density at radius 3 is 2.00 bits per heavy atom. The van der Waals surface area contributed by atoms with E-state index in [2.05, 4.69) is 0 Å². The molecule has 5 aliphatic rings. The van der Waals surface area contributed by atoms with Crippen molar-refractivity contribution in [3.8, 4) is 0 Å². The highest BCUT2D eigenvalue weighted by Crippen LogP contribution is 2.73. The Morgan fingerprint density at radius 2 is 1.61 bits per heavy atom. The van der Waals surface area contributed by atoms with Crippen molar-refractivity contribution >= 4 is 17.7 Å². The first kappa shape index (κ1) is 11.7. The molecule has 5 aliphatic carbocycles. The van der Waals surface area contributed by atoms with Gasteiger partial charge in [0.25, 0.3) is 0 Å². The lowest BCUT2D eigenvalue weighted by atomic mass is 9.33. The summed E-state index contributed by atoms with van der Waals surface area (Å²) < 4.78 is 9.75. The number of hydrogen-bond acceptors (Lipinski definition) is 5. The van der Waals surface area contributed by atoms with Crippen molar-refractivity contribution in [1.82, 2.24) is 0 Å². The zero-order valence-electron chi connectivity index (χ0n) is 10.5. The van der Waals surface area contributed by atoms with Gasteiger partial charge in [-0.2, -0.15) is 0 Å². The third-order valence-corrected chi connectivity index (χ3v) is 5.23. The fourth-order valence-corrected chi connectivity index (χ4v) is 4.58. The van der Waals surface area contributed by atoms with Crippen molar-refractivity contribution in [3.63, 3.8) is 0 Å². The number of carbonyl (C=O) groups is 3. The highest BCUT2D eigenvalue weighted by atomic mass is 16.5. The second kappa shape index (κ2) is 3.33. The van der Waals surface area contributed by atoms with Gasteiger partial charge in [0.05, 0.1) is 25.0 Å². The third-order valence-electron chi connectivity index (χ3n) is 5.23. The van der Waals surface area contributed by atoms with Gasteiger partial charge in [-0.15, -0.1) is 0 Å². The van der Waals surface area contributed by atoms with Crippen molar-refractivity contribution in [2.75, 3.05) is 14.2 Å². The normalized spacial score (nSPS) is 44.2. The number of Topliss-reactive ketones (excluding diaryl/α,β-unsaturated/α-hetero) is 1. The van der Waals surface area contributed by atoms with Crippen LogP contribution < -0.4 is 0 Å². The van der Waals surface area contributed by atoms with E-state index < -0.39 is 10.8 Å². The molecule has 5 heteroatoms. The molecule has 0 saturated heterocycles. The molecule has 2 atom stereocenters. The molecule has 5 saturated carbocycles. The molecule has 5 rings (SSSR count). The predicted octanol–water partition coefficient (Wildman–Crippen LogP) is 0.708. The minimum atomic E-state index is -0.611. The van der Waals surface area contributed by atoms with Gasteiger partial charge in [-0.1, -0.05) is 0 Å². The molecule has 4 bridgehead atoms. The average molecular weight is 252 g/mol. The maximum atomic E-state index is 12.0. The predicted molar refractivity (Wildman–Crippen MR) is 59.4 cm³/mol. The molecule has 2 unspecified atom stereocenters. The molecule has 0 N–H and O–H groups in total. The van der Waals surface area contributed by atoms with Crippen LogP contribution in [0, 0.1) is 22.7 Å². The number of methoxy groups -OCH3 is 2. The lowest BCUT2D eigenvalue weighted by Crippen LogP contribution is -2.72. The lowest BCUT2D eigenvalue weighted by molar-refractivity contribution is -0.237. The minimum absolute atomic E-state index is 0.179. The number of fused-ring (bicyclic) bond motifs is 1. The van der Waals surface area contributed by atoms with Crippen molar-refractivity contribution in [1.29, 1.82) is 0 Å². The highest BCUT2D eigenvalue weighted by molar-refractivity contribution is 5.95. The number of ether oxygens (including phenoxy) is 2. The molecule has 0 aromatic rings. The summed E-state index contributed by atoms with van der Waals surface area (Å²) in [5.41, 5.74) is -1.22. The Morgan fingerprint density at radius 1 is 1.11 bits per heavy atom. The van der Waals surface area contributed by atoms with Crippen LogP contribution >= 0.6 is 0 Å². The minimum Gasteiger partial charge on any atom is -0.469 e. The quantitative estimate of drug-likeness (QED) is 0.677. The standard InChI is InChI=1S/C13H16O5/c1-17-10(15)12-4-7-5-13(6-12,11(16)18-2)9(12)3-8(7)14/h7,9H,3-6H2,1-2H3. The number of carbonyl (C=O) groups excluding carboxylic acids is 3. The summed E-state index contributed by atoms with van der Waals surface area (Å²) in [6.45, 7) is 0. The molecular formula is C13H16O5. The first-order chi connectivity index (χ1) is 8.50. The van der Waals surface area contributed by atoms with Crippen LogP contribution in [0.15, 0.2) is 0 Å². The van der Waals surface area contributed by atoms with Crippen molar-refractivity contribution in [2.24, 2.45) is 22.7 Å². The molecule has 5 fully saturated rings. The molecule has 0 aliphatic heterocycles. The van der Waals surface area contributed by atoms with E-state index in [9.17, 15) is 14.4 Å². The number of esters is 2. The second-order valence-corrected chi connectivity index (χ2v) is 5.80. The van der Waals surface area contributed by atoms with Crippen LogP contribution in [0.25, 0.3) is 0 Å². The van der Waals surface area contributed by atoms with E-state index in [4.69, 9.17) is 9.47 Å². The van der Waals surface area contributed by atoms with Crippen LogP contribution in [0.3, 0.4) is 0 Å². The Balaban J connectivity index is 1.99. The van der Waals surface area contributed by atoms with Crippen LogP contribution in [0.4, 0.5) is 0 Å². The van der Waals surface area contributed by atoms with E-state index in [1.165, 1.54) is 14.2 Å². The largest absolute Gasteiger partial charge is 0.469 e. The van der Waals surface area contributed by atoms with Gasteiger partial charge in [0.1, 0.15) is 5.78 Å². The van der Waals surface area contributed by atoms with Gasteiger partial charge in [0, 0.05) is 12.3 Å². The summed E-state index contributed by atoms with van der Waals surface area (Å²) in [5.74, 6) is -0.767. The SMILES string of the molecule is COC(=O)C12CC3CC(C(=O)OC)(C1)C2CC3=O. The van der Waals surface area contributed by atoms with E-state index in [0.29, 0.717) is 25.7 Å². The van der Waals surface area contributed by atoms with Crippen LogP contribution in [-0.4, -0.2) is 31.9 Å². The van der Waals surface area contributed by atoms with E-state index in [1.54, 1.807) is 0 Å². The smallest absolute Gasteiger partial charge is 0.312 e. The van der Waals surface area contributed by atoms with Crippen molar-refractivity contribution in [3.05, 3.63) is 0 Å². The summed E-state index contributed by atoms with van der Waals surface area (Å²) in [6.07, 6.45) is 1.88. The molecule has 0 radical (unpaired) electrons. The molecule has 98 valence electrons. The molecule has 0 heterocycles. The van der Waals surface area contributed by atoms with Crippen LogP contribution in [0.1, 0.15) is 25.7 Å². The molecular weight excluding hydrogens is 236 g/mol. The monoisotopic (exact) mass is 252 g/mol. The third kappa shape index (κ3) is 1.06. The summed E-state index contributed by atoms with van der Waals surface area (Å²) >= 11 is 0. The lowest BCUT2D eigenvalue weighted by Gasteiger charge is -2.67. The van der Waals surface area contributed by atoms with Gasteiger partial charge in [-0.05, 0) is 25.2 Å². The summed E-state index contributed by atoms with van der Waals surface area (Å²) in [4.78, 5) is 35.8. The number of ketones is 1. The van der Waals surface area contributed by atoms with Gasteiger partial charge in [0.2, 0.25) is 0 Å². The first-order valence-corrected chi connectivity index (χ1v) is 6.20. The summed E-state index contributed by atoms with van der Waals surface area (Å²) in [7, 11) is 2.72. The van der Waals surface area contributed by atoms with E-state index in [0.717, 1.165) is 0 Å². The Labute approximate surface area is 105 Å². The van der Waals surface area contributed by atoms with Crippen LogP contribution in [-0.2, 0) is 23.9 Å². The zero-order valence-corrected chi connectivity index (χ0v) is 10.5. The first-order valence-electron chi connectivity index (χ1n) is 6.20. The van der Waals surface area contributed by atoms with Crippen molar-refractivity contribution < 1.29 is 23.9 Å². The van der Waals surface area contributed by atoms with Gasteiger partial charge in [-0.25, -0.2) is 0 Å². The van der Waals surface area contributed by atoms with E-state index in [-0.39, 0.29) is 29.6 Å². The fourth-order valence-electron chi connectivity index (χ4n) is 4.58. The molecule has 0 spiro atoms. The Bertz CT molecular complexity index is 424. The van der Waals surface area contributed by atoms with Gasteiger partial charge < -0.3 is 9.47 Å². The number of hydrogen-bond donors (Lipinski definition) is 0. The second-order valence-electron chi connectivity index (χ2n) is 5.80.